The van der Waals surface area contributed by atoms with Crippen molar-refractivity contribution in [3.05, 3.63) is 57.0 Å². The standard InChI is InChI=1S/C12H7BrCl2O/c13-9-6-5-8(14)7-12(9)16-11-4-2-1-3-10(11)15/h1-7H. The van der Waals surface area contributed by atoms with Crippen molar-refractivity contribution in [2.24, 2.45) is 0 Å². The summed E-state index contributed by atoms with van der Waals surface area (Å²) < 4.78 is 6.49. The topological polar surface area (TPSA) is 9.23 Å². The zero-order chi connectivity index (χ0) is 11.5. The third-order valence-electron chi connectivity index (χ3n) is 1.95. The predicted molar refractivity (Wildman–Crippen MR) is 70.7 cm³/mol. The molecule has 0 aromatic heterocycles. The van der Waals surface area contributed by atoms with Crippen molar-refractivity contribution in [3.8, 4) is 11.5 Å². The van der Waals surface area contributed by atoms with Gasteiger partial charge in [0.1, 0.15) is 11.5 Å². The summed E-state index contributed by atoms with van der Waals surface area (Å²) in [4.78, 5) is 0. The number of hydrogen-bond acceptors (Lipinski definition) is 1. The quantitative estimate of drug-likeness (QED) is 0.705. The van der Waals surface area contributed by atoms with Crippen LogP contribution in [0.15, 0.2) is 46.9 Å². The Morgan fingerprint density at radius 2 is 1.69 bits per heavy atom. The maximum atomic E-state index is 5.99. The van der Waals surface area contributed by atoms with Gasteiger partial charge in [-0.3, -0.25) is 0 Å². The number of benzene rings is 2. The molecule has 82 valence electrons. The van der Waals surface area contributed by atoms with Crippen LogP contribution in [0.2, 0.25) is 10.0 Å². The van der Waals surface area contributed by atoms with E-state index in [4.69, 9.17) is 27.9 Å². The highest BCUT2D eigenvalue weighted by molar-refractivity contribution is 9.10. The molecule has 0 unspecified atom stereocenters. The minimum absolute atomic E-state index is 0.564. The first kappa shape index (κ1) is 11.8. The Morgan fingerprint density at radius 3 is 2.44 bits per heavy atom. The average molecular weight is 318 g/mol. The molecule has 0 aliphatic rings. The maximum absolute atomic E-state index is 5.99. The summed E-state index contributed by atoms with van der Waals surface area (Å²) >= 11 is 15.3. The first-order chi connectivity index (χ1) is 7.66. The fourth-order valence-corrected chi connectivity index (χ4v) is 1.87. The van der Waals surface area contributed by atoms with Gasteiger partial charge in [0.25, 0.3) is 0 Å². The van der Waals surface area contributed by atoms with Gasteiger partial charge in [-0.2, -0.15) is 0 Å². The van der Waals surface area contributed by atoms with Crippen molar-refractivity contribution >= 4 is 39.1 Å². The molecule has 0 atom stereocenters. The Hall–Kier alpha value is -0.700. The molecule has 0 saturated heterocycles. The van der Waals surface area contributed by atoms with Crippen LogP contribution in [0.5, 0.6) is 11.5 Å². The molecule has 0 heterocycles. The smallest absolute Gasteiger partial charge is 0.146 e. The first-order valence-corrected chi connectivity index (χ1v) is 6.09. The van der Waals surface area contributed by atoms with Crippen LogP contribution in [-0.4, -0.2) is 0 Å². The Labute approximate surface area is 112 Å². The van der Waals surface area contributed by atoms with Crippen LogP contribution in [0.3, 0.4) is 0 Å². The normalized spacial score (nSPS) is 10.2. The van der Waals surface area contributed by atoms with Crippen molar-refractivity contribution in [2.75, 3.05) is 0 Å². The molecule has 0 amide bonds. The van der Waals surface area contributed by atoms with Crippen LogP contribution in [0.4, 0.5) is 0 Å². The largest absolute Gasteiger partial charge is 0.455 e. The van der Waals surface area contributed by atoms with Gasteiger partial charge < -0.3 is 4.74 Å². The number of para-hydroxylation sites is 1. The van der Waals surface area contributed by atoms with Gasteiger partial charge in [0.05, 0.1) is 9.50 Å². The zero-order valence-electron chi connectivity index (χ0n) is 8.08. The van der Waals surface area contributed by atoms with E-state index in [0.717, 1.165) is 4.47 Å². The highest BCUT2D eigenvalue weighted by Crippen LogP contribution is 2.34. The Bertz CT molecular complexity index is 514. The minimum atomic E-state index is 0.564. The predicted octanol–water partition coefficient (Wildman–Crippen LogP) is 5.55. The lowest BCUT2D eigenvalue weighted by molar-refractivity contribution is 0.480. The SMILES string of the molecule is Clc1ccc(Br)c(Oc2ccccc2Cl)c1. The zero-order valence-corrected chi connectivity index (χ0v) is 11.2. The molecule has 0 spiro atoms. The van der Waals surface area contributed by atoms with Gasteiger partial charge in [-0.25, -0.2) is 0 Å². The maximum Gasteiger partial charge on any atom is 0.146 e. The summed E-state index contributed by atoms with van der Waals surface area (Å²) in [6.45, 7) is 0. The molecule has 0 radical (unpaired) electrons. The second-order valence-corrected chi connectivity index (χ2v) is 4.81. The average Bonchev–Trinajstić information content (AvgIpc) is 2.27. The fraction of sp³-hybridized carbons (Fsp3) is 0. The van der Waals surface area contributed by atoms with Gasteiger partial charge in [0.2, 0.25) is 0 Å². The van der Waals surface area contributed by atoms with Crippen LogP contribution in [0.1, 0.15) is 0 Å². The second kappa shape index (κ2) is 5.09. The lowest BCUT2D eigenvalue weighted by atomic mass is 10.3. The van der Waals surface area contributed by atoms with Crippen molar-refractivity contribution in [1.82, 2.24) is 0 Å². The van der Waals surface area contributed by atoms with Crippen LogP contribution >= 0.6 is 39.1 Å². The summed E-state index contributed by atoms with van der Waals surface area (Å²) in [6.07, 6.45) is 0. The summed E-state index contributed by atoms with van der Waals surface area (Å²) in [5.74, 6) is 1.24. The van der Waals surface area contributed by atoms with Crippen molar-refractivity contribution in [2.45, 2.75) is 0 Å². The Kier molecular flexibility index (Phi) is 3.74. The lowest BCUT2D eigenvalue weighted by Gasteiger charge is -2.09. The van der Waals surface area contributed by atoms with Gasteiger partial charge in [-0.05, 0) is 40.2 Å². The molecule has 0 bridgehead atoms. The Balaban J connectivity index is 2.34. The monoisotopic (exact) mass is 316 g/mol. The molecule has 0 aliphatic carbocycles. The van der Waals surface area contributed by atoms with Gasteiger partial charge in [-0.1, -0.05) is 35.3 Å². The van der Waals surface area contributed by atoms with E-state index >= 15 is 0 Å². The third-order valence-corrected chi connectivity index (χ3v) is 3.15. The summed E-state index contributed by atoms with van der Waals surface area (Å²) in [5.41, 5.74) is 0. The Morgan fingerprint density at radius 1 is 0.938 bits per heavy atom. The van der Waals surface area contributed by atoms with E-state index in [-0.39, 0.29) is 0 Å². The molecule has 0 fully saturated rings. The molecular weight excluding hydrogens is 311 g/mol. The third kappa shape index (κ3) is 2.70. The molecule has 0 aliphatic heterocycles. The van der Waals surface area contributed by atoms with Gasteiger partial charge >= 0.3 is 0 Å². The molecule has 0 N–H and O–H groups in total. The molecule has 2 rings (SSSR count). The molecule has 4 heteroatoms. The summed E-state index contributed by atoms with van der Waals surface area (Å²) in [7, 11) is 0. The van der Waals surface area contributed by atoms with E-state index in [1.165, 1.54) is 0 Å². The minimum Gasteiger partial charge on any atom is -0.455 e. The molecule has 0 saturated carbocycles. The van der Waals surface area contributed by atoms with Crippen molar-refractivity contribution in [1.29, 1.82) is 0 Å². The van der Waals surface area contributed by atoms with Crippen LogP contribution in [0.25, 0.3) is 0 Å². The van der Waals surface area contributed by atoms with E-state index in [2.05, 4.69) is 15.9 Å². The van der Waals surface area contributed by atoms with Gasteiger partial charge in [-0.15, -0.1) is 0 Å². The second-order valence-electron chi connectivity index (χ2n) is 3.11. The molecule has 16 heavy (non-hydrogen) atoms. The van der Waals surface area contributed by atoms with Crippen LogP contribution in [0, 0.1) is 0 Å². The highest BCUT2D eigenvalue weighted by atomic mass is 79.9. The van der Waals surface area contributed by atoms with E-state index in [9.17, 15) is 0 Å². The highest BCUT2D eigenvalue weighted by Gasteiger charge is 2.06. The molecule has 2 aromatic rings. The molecular formula is C12H7BrCl2O. The number of halogens is 3. The van der Waals surface area contributed by atoms with Crippen LogP contribution in [-0.2, 0) is 0 Å². The summed E-state index contributed by atoms with van der Waals surface area (Å²) in [5, 5.41) is 1.18. The lowest BCUT2D eigenvalue weighted by Crippen LogP contribution is -1.86. The van der Waals surface area contributed by atoms with E-state index in [1.54, 1.807) is 24.3 Å². The number of ether oxygens (including phenoxy) is 1. The van der Waals surface area contributed by atoms with E-state index < -0.39 is 0 Å². The van der Waals surface area contributed by atoms with Crippen molar-refractivity contribution < 1.29 is 4.74 Å². The number of hydrogen-bond donors (Lipinski definition) is 0. The molecule has 1 nitrogen and oxygen atoms in total. The fourth-order valence-electron chi connectivity index (χ4n) is 1.20. The van der Waals surface area contributed by atoms with Crippen molar-refractivity contribution in [3.63, 3.8) is 0 Å². The van der Waals surface area contributed by atoms with Gasteiger partial charge in [0.15, 0.2) is 0 Å². The first-order valence-electron chi connectivity index (χ1n) is 4.54. The summed E-state index contributed by atoms with van der Waals surface area (Å²) in [6, 6.07) is 12.6. The van der Waals surface area contributed by atoms with E-state index in [1.807, 2.05) is 18.2 Å². The van der Waals surface area contributed by atoms with Crippen LogP contribution < -0.4 is 4.74 Å². The molecule has 2 aromatic carbocycles. The van der Waals surface area contributed by atoms with Gasteiger partial charge in [0, 0.05) is 11.1 Å². The number of rotatable bonds is 2. The van der Waals surface area contributed by atoms with E-state index in [0.29, 0.717) is 21.5 Å².